The third-order valence-electron chi connectivity index (χ3n) is 4.48. The molecule has 4 rings (SSSR count). The van der Waals surface area contributed by atoms with E-state index in [4.69, 9.17) is 0 Å². The summed E-state index contributed by atoms with van der Waals surface area (Å²) in [7, 11) is 0. The lowest BCUT2D eigenvalue weighted by atomic mass is 10.0. The zero-order chi connectivity index (χ0) is 16.3. The Hall–Kier alpha value is -2.61. The molecular weight excluding hydrogens is 305 g/mol. The van der Waals surface area contributed by atoms with Gasteiger partial charge in [-0.15, -0.1) is 0 Å². The Morgan fingerprint density at radius 1 is 1.13 bits per heavy atom. The van der Waals surface area contributed by atoms with Crippen LogP contribution < -0.4 is 10.6 Å². The summed E-state index contributed by atoms with van der Waals surface area (Å²) in [5, 5.41) is 5.08. The van der Waals surface area contributed by atoms with Crippen LogP contribution in [0.5, 0.6) is 0 Å². The molecule has 7 nitrogen and oxygen atoms in total. The predicted octanol–water partition coefficient (Wildman–Crippen LogP) is -0.170. The van der Waals surface area contributed by atoms with E-state index in [1.807, 2.05) is 0 Å². The maximum Gasteiger partial charge on any atom is 0.265 e. The van der Waals surface area contributed by atoms with Crippen LogP contribution in [0.1, 0.15) is 44.7 Å². The van der Waals surface area contributed by atoms with Crippen LogP contribution in [0.2, 0.25) is 0 Å². The molecule has 0 aromatic heterocycles. The van der Waals surface area contributed by atoms with Gasteiger partial charge in [-0.25, -0.2) is 4.39 Å². The molecule has 1 atom stereocenters. The standard InChI is InChI=1S/C15H12FN3O4/c16-12-8-5-17-4-6(8)3-7-11(12)15(23)19(14(7)22)9-1-2-10(20)18-13(9)21/h3,9,17H,1-2,4-5H2,(H,18,20,21). The van der Waals surface area contributed by atoms with Gasteiger partial charge < -0.3 is 5.32 Å². The first-order chi connectivity index (χ1) is 11.0. The Kier molecular flexibility index (Phi) is 2.86. The topological polar surface area (TPSA) is 95.6 Å². The average molecular weight is 317 g/mol. The van der Waals surface area contributed by atoms with Crippen LogP contribution in [0.15, 0.2) is 6.07 Å². The van der Waals surface area contributed by atoms with E-state index in [-0.39, 0.29) is 24.0 Å². The summed E-state index contributed by atoms with van der Waals surface area (Å²) in [6.07, 6.45) is 0.0890. The highest BCUT2D eigenvalue weighted by Gasteiger charge is 2.47. The molecule has 0 spiro atoms. The monoisotopic (exact) mass is 317 g/mol. The van der Waals surface area contributed by atoms with E-state index in [1.54, 1.807) is 0 Å². The van der Waals surface area contributed by atoms with Crippen LogP contribution in [0.3, 0.4) is 0 Å². The fraction of sp³-hybridized carbons (Fsp3) is 0.333. The number of carbonyl (C=O) groups excluding carboxylic acids is 4. The molecule has 2 N–H and O–H groups in total. The quantitative estimate of drug-likeness (QED) is 0.701. The number of fused-ring (bicyclic) bond motifs is 2. The van der Waals surface area contributed by atoms with Crippen LogP contribution in [0.25, 0.3) is 0 Å². The van der Waals surface area contributed by atoms with Gasteiger partial charge in [0.2, 0.25) is 11.8 Å². The van der Waals surface area contributed by atoms with Gasteiger partial charge in [0, 0.05) is 25.1 Å². The van der Waals surface area contributed by atoms with Crippen LogP contribution in [-0.4, -0.2) is 34.6 Å². The number of nitrogens with zero attached hydrogens (tertiary/aromatic N) is 1. The van der Waals surface area contributed by atoms with Crippen LogP contribution in [0, 0.1) is 5.82 Å². The molecule has 0 bridgehead atoms. The van der Waals surface area contributed by atoms with Crippen molar-refractivity contribution in [2.24, 2.45) is 0 Å². The Morgan fingerprint density at radius 3 is 2.65 bits per heavy atom. The molecule has 118 valence electrons. The van der Waals surface area contributed by atoms with E-state index in [9.17, 15) is 23.6 Å². The zero-order valence-corrected chi connectivity index (χ0v) is 11.9. The first kappa shape index (κ1) is 14.0. The molecule has 3 aliphatic rings. The van der Waals surface area contributed by atoms with Crippen molar-refractivity contribution in [3.8, 4) is 0 Å². The van der Waals surface area contributed by atoms with E-state index < -0.39 is 35.5 Å². The summed E-state index contributed by atoms with van der Waals surface area (Å²) in [5.41, 5.74) is 0.740. The van der Waals surface area contributed by atoms with Gasteiger partial charge in [0.05, 0.1) is 11.1 Å². The zero-order valence-electron chi connectivity index (χ0n) is 11.9. The lowest BCUT2D eigenvalue weighted by molar-refractivity contribution is -0.136. The van der Waals surface area contributed by atoms with Crippen LogP contribution >= 0.6 is 0 Å². The molecule has 1 aromatic carbocycles. The maximum atomic E-state index is 14.6. The Bertz CT molecular complexity index is 804. The third kappa shape index (κ3) is 1.84. The Morgan fingerprint density at radius 2 is 1.91 bits per heavy atom. The van der Waals surface area contributed by atoms with Crippen molar-refractivity contribution in [2.75, 3.05) is 0 Å². The van der Waals surface area contributed by atoms with E-state index in [2.05, 4.69) is 10.6 Å². The largest absolute Gasteiger partial charge is 0.308 e. The van der Waals surface area contributed by atoms with Crippen molar-refractivity contribution in [3.63, 3.8) is 0 Å². The number of nitrogens with one attached hydrogen (secondary N) is 2. The molecule has 0 aliphatic carbocycles. The second kappa shape index (κ2) is 4.69. The van der Waals surface area contributed by atoms with E-state index in [0.29, 0.717) is 24.2 Å². The molecule has 1 saturated heterocycles. The summed E-state index contributed by atoms with van der Waals surface area (Å²) in [5.74, 6) is -3.35. The van der Waals surface area contributed by atoms with E-state index in [0.717, 1.165) is 4.90 Å². The van der Waals surface area contributed by atoms with Gasteiger partial charge in [0.1, 0.15) is 11.9 Å². The first-order valence-corrected chi connectivity index (χ1v) is 7.25. The predicted molar refractivity (Wildman–Crippen MR) is 73.6 cm³/mol. The molecule has 1 fully saturated rings. The lowest BCUT2D eigenvalue weighted by Crippen LogP contribution is -2.54. The Labute approximate surface area is 129 Å². The fourth-order valence-electron chi connectivity index (χ4n) is 3.35. The molecule has 0 radical (unpaired) electrons. The maximum absolute atomic E-state index is 14.6. The minimum atomic E-state index is -1.08. The van der Waals surface area contributed by atoms with Gasteiger partial charge in [-0.3, -0.25) is 29.4 Å². The van der Waals surface area contributed by atoms with Crippen LogP contribution in [0.4, 0.5) is 4.39 Å². The molecule has 0 saturated carbocycles. The summed E-state index contributed by atoms with van der Waals surface area (Å²) in [6.45, 7) is 0.730. The molecule has 1 aromatic rings. The van der Waals surface area contributed by atoms with Crippen molar-refractivity contribution >= 4 is 23.6 Å². The lowest BCUT2D eigenvalue weighted by Gasteiger charge is -2.27. The van der Waals surface area contributed by atoms with Crippen molar-refractivity contribution in [2.45, 2.75) is 32.0 Å². The van der Waals surface area contributed by atoms with Crippen molar-refractivity contribution in [3.05, 3.63) is 34.1 Å². The van der Waals surface area contributed by atoms with Gasteiger partial charge in [-0.1, -0.05) is 0 Å². The average Bonchev–Trinajstić information content (AvgIpc) is 3.06. The molecule has 4 amide bonds. The summed E-state index contributed by atoms with van der Waals surface area (Å²) in [4.78, 5) is 49.0. The van der Waals surface area contributed by atoms with Gasteiger partial charge in [0.25, 0.3) is 11.8 Å². The van der Waals surface area contributed by atoms with Gasteiger partial charge in [0.15, 0.2) is 0 Å². The highest BCUT2D eigenvalue weighted by Crippen LogP contribution is 2.33. The van der Waals surface area contributed by atoms with Crippen LogP contribution in [-0.2, 0) is 22.7 Å². The number of carbonyl (C=O) groups is 4. The van der Waals surface area contributed by atoms with Crippen molar-refractivity contribution in [1.29, 1.82) is 0 Å². The molecule has 1 unspecified atom stereocenters. The van der Waals surface area contributed by atoms with Crippen molar-refractivity contribution in [1.82, 2.24) is 15.5 Å². The number of hydrogen-bond donors (Lipinski definition) is 2. The van der Waals surface area contributed by atoms with Crippen molar-refractivity contribution < 1.29 is 23.6 Å². The summed E-state index contributed by atoms with van der Waals surface area (Å²) >= 11 is 0. The second-order valence-corrected chi connectivity index (χ2v) is 5.80. The normalized spacial score (nSPS) is 23.2. The number of hydrogen-bond acceptors (Lipinski definition) is 5. The number of benzene rings is 1. The molecule has 3 aliphatic heterocycles. The summed E-state index contributed by atoms with van der Waals surface area (Å²) < 4.78 is 14.6. The fourth-order valence-corrected chi connectivity index (χ4v) is 3.35. The first-order valence-electron chi connectivity index (χ1n) is 7.25. The summed E-state index contributed by atoms with van der Waals surface area (Å²) in [6, 6.07) is 0.437. The number of piperidine rings is 1. The number of amides is 4. The Balaban J connectivity index is 1.77. The highest BCUT2D eigenvalue weighted by molar-refractivity contribution is 6.23. The number of rotatable bonds is 1. The number of imide groups is 2. The highest BCUT2D eigenvalue weighted by atomic mass is 19.1. The molecule has 8 heteroatoms. The smallest absolute Gasteiger partial charge is 0.265 e. The minimum absolute atomic E-state index is 0.0142. The van der Waals surface area contributed by atoms with Gasteiger partial charge >= 0.3 is 0 Å². The molecule has 23 heavy (non-hydrogen) atoms. The van der Waals surface area contributed by atoms with Gasteiger partial charge in [-0.05, 0) is 18.1 Å². The molecule has 3 heterocycles. The minimum Gasteiger partial charge on any atom is -0.308 e. The second-order valence-electron chi connectivity index (χ2n) is 5.80. The van der Waals surface area contributed by atoms with Gasteiger partial charge in [-0.2, -0.15) is 0 Å². The van der Waals surface area contributed by atoms with E-state index in [1.165, 1.54) is 6.07 Å². The van der Waals surface area contributed by atoms with E-state index >= 15 is 0 Å². The molecular formula is C15H12FN3O4. The third-order valence-corrected chi connectivity index (χ3v) is 4.48. The SMILES string of the molecule is O=C1CCC(N2C(=O)c3cc4c(c(F)c3C2=O)CNC4)C(=O)N1. The number of halogens is 1.